The van der Waals surface area contributed by atoms with E-state index in [-0.39, 0.29) is 17.5 Å². The number of halogens is 1. The van der Waals surface area contributed by atoms with Gasteiger partial charge in [-0.3, -0.25) is 4.79 Å². The minimum Gasteiger partial charge on any atom is -0.378 e. The van der Waals surface area contributed by atoms with Crippen LogP contribution in [0.25, 0.3) is 11.3 Å². The largest absolute Gasteiger partial charge is 0.378 e. The van der Waals surface area contributed by atoms with Crippen LogP contribution in [-0.2, 0) is 9.53 Å². The Morgan fingerprint density at radius 2 is 1.86 bits per heavy atom. The van der Waals surface area contributed by atoms with Crippen LogP contribution in [0.3, 0.4) is 0 Å². The summed E-state index contributed by atoms with van der Waals surface area (Å²) in [6, 6.07) is 14.1. The van der Waals surface area contributed by atoms with Gasteiger partial charge >= 0.3 is 0 Å². The number of amides is 1. The molecule has 2 heterocycles. The number of nitrogens with zero attached hydrogens (tertiary/aromatic N) is 2. The van der Waals surface area contributed by atoms with Crippen LogP contribution in [0.1, 0.15) is 0 Å². The minimum atomic E-state index is -0.270. The monoisotopic (exact) mass is 429 g/mol. The number of carbonyl (C=O) groups excluding carboxylic acids is 1. The Bertz CT molecular complexity index is 955. The highest BCUT2D eigenvalue weighted by molar-refractivity contribution is 8.01. The molecule has 5 nitrogen and oxygen atoms in total. The van der Waals surface area contributed by atoms with Crippen molar-refractivity contribution < 1.29 is 13.9 Å². The number of carbonyl (C=O) groups is 1. The van der Waals surface area contributed by atoms with Crippen molar-refractivity contribution in [1.29, 1.82) is 0 Å². The van der Waals surface area contributed by atoms with Gasteiger partial charge in [0, 0.05) is 35.4 Å². The van der Waals surface area contributed by atoms with E-state index in [0.29, 0.717) is 0 Å². The molecule has 1 N–H and O–H groups in total. The Labute approximate surface area is 176 Å². The predicted octanol–water partition coefficient (Wildman–Crippen LogP) is 4.52. The quantitative estimate of drug-likeness (QED) is 0.584. The first kappa shape index (κ1) is 19.9. The molecular weight excluding hydrogens is 409 g/mol. The summed E-state index contributed by atoms with van der Waals surface area (Å²) >= 11 is 2.87. The summed E-state index contributed by atoms with van der Waals surface area (Å²) in [6.45, 7) is 3.26. The van der Waals surface area contributed by atoms with Gasteiger partial charge in [-0.25, -0.2) is 9.37 Å². The highest BCUT2D eigenvalue weighted by Gasteiger charge is 2.12. The number of thioether (sulfide) groups is 1. The SMILES string of the molecule is O=C(CSc1nc(-c2ccc(F)cc2)cs1)Nc1ccc(N2CCOCC2)cc1. The van der Waals surface area contributed by atoms with E-state index in [1.165, 1.54) is 35.2 Å². The van der Waals surface area contributed by atoms with Gasteiger partial charge in [0.1, 0.15) is 5.82 Å². The zero-order valence-electron chi connectivity index (χ0n) is 15.6. The summed E-state index contributed by atoms with van der Waals surface area (Å²) in [4.78, 5) is 19.0. The lowest BCUT2D eigenvalue weighted by molar-refractivity contribution is -0.113. The molecule has 1 amide bonds. The summed E-state index contributed by atoms with van der Waals surface area (Å²) in [5, 5.41) is 4.83. The Balaban J connectivity index is 1.28. The Hall–Kier alpha value is -2.42. The molecule has 0 unspecified atom stereocenters. The molecule has 4 rings (SSSR count). The van der Waals surface area contributed by atoms with E-state index in [4.69, 9.17) is 4.74 Å². The first-order valence-electron chi connectivity index (χ1n) is 9.24. The number of benzene rings is 2. The van der Waals surface area contributed by atoms with E-state index in [1.807, 2.05) is 29.6 Å². The van der Waals surface area contributed by atoms with Crippen LogP contribution in [0, 0.1) is 5.82 Å². The molecule has 0 atom stereocenters. The number of nitrogens with one attached hydrogen (secondary N) is 1. The highest BCUT2D eigenvalue weighted by atomic mass is 32.2. The summed E-state index contributed by atoms with van der Waals surface area (Å²) in [7, 11) is 0. The molecule has 1 aliphatic heterocycles. The maximum absolute atomic E-state index is 13.0. The van der Waals surface area contributed by atoms with Crippen molar-refractivity contribution in [2.45, 2.75) is 4.34 Å². The average Bonchev–Trinajstić information content (AvgIpc) is 3.23. The lowest BCUT2D eigenvalue weighted by atomic mass is 10.2. The predicted molar refractivity (Wildman–Crippen MR) is 116 cm³/mol. The molecule has 0 bridgehead atoms. The van der Waals surface area contributed by atoms with Crippen LogP contribution in [0.5, 0.6) is 0 Å². The van der Waals surface area contributed by atoms with Gasteiger partial charge in [0.15, 0.2) is 4.34 Å². The number of ether oxygens (including phenoxy) is 1. The Morgan fingerprint density at radius 3 is 2.59 bits per heavy atom. The van der Waals surface area contributed by atoms with Crippen LogP contribution < -0.4 is 10.2 Å². The van der Waals surface area contributed by atoms with Crippen molar-refractivity contribution in [2.24, 2.45) is 0 Å². The number of rotatable bonds is 6. The second kappa shape index (κ2) is 9.39. The van der Waals surface area contributed by atoms with Crippen LogP contribution in [0.15, 0.2) is 58.3 Å². The normalized spacial score (nSPS) is 14.0. The van der Waals surface area contributed by atoms with E-state index in [9.17, 15) is 9.18 Å². The third-order valence-corrected chi connectivity index (χ3v) is 6.50. The first-order chi connectivity index (χ1) is 14.2. The molecule has 1 saturated heterocycles. The molecule has 2 aromatic carbocycles. The third kappa shape index (κ3) is 5.35. The van der Waals surface area contributed by atoms with E-state index in [1.54, 1.807) is 12.1 Å². The van der Waals surface area contributed by atoms with Crippen LogP contribution in [0.2, 0.25) is 0 Å². The van der Waals surface area contributed by atoms with Crippen LogP contribution in [-0.4, -0.2) is 42.9 Å². The van der Waals surface area contributed by atoms with Gasteiger partial charge in [-0.2, -0.15) is 0 Å². The van der Waals surface area contributed by atoms with Gasteiger partial charge in [-0.1, -0.05) is 11.8 Å². The van der Waals surface area contributed by atoms with Gasteiger partial charge in [0.05, 0.1) is 24.7 Å². The highest BCUT2D eigenvalue weighted by Crippen LogP contribution is 2.28. The molecule has 3 aromatic rings. The van der Waals surface area contributed by atoms with Crippen molar-refractivity contribution in [3.05, 3.63) is 59.7 Å². The molecule has 0 aliphatic carbocycles. The average molecular weight is 430 g/mol. The molecule has 1 aromatic heterocycles. The van der Waals surface area contributed by atoms with E-state index < -0.39 is 0 Å². The van der Waals surface area contributed by atoms with Gasteiger partial charge in [-0.15, -0.1) is 11.3 Å². The lowest BCUT2D eigenvalue weighted by Gasteiger charge is -2.28. The zero-order chi connectivity index (χ0) is 20.1. The molecule has 150 valence electrons. The van der Waals surface area contributed by atoms with Gasteiger partial charge in [0.2, 0.25) is 5.91 Å². The van der Waals surface area contributed by atoms with Crippen LogP contribution >= 0.6 is 23.1 Å². The van der Waals surface area contributed by atoms with Crippen LogP contribution in [0.4, 0.5) is 15.8 Å². The van der Waals surface area contributed by atoms with Crippen molar-refractivity contribution in [3.8, 4) is 11.3 Å². The third-order valence-electron chi connectivity index (χ3n) is 4.48. The van der Waals surface area contributed by atoms with Crippen molar-refractivity contribution in [1.82, 2.24) is 4.98 Å². The molecule has 29 heavy (non-hydrogen) atoms. The molecule has 0 saturated carbocycles. The second-order valence-corrected chi connectivity index (χ2v) is 8.57. The number of morpholine rings is 1. The van der Waals surface area contributed by atoms with E-state index in [2.05, 4.69) is 15.2 Å². The number of anilines is 2. The molecule has 1 fully saturated rings. The Kier molecular flexibility index (Phi) is 6.43. The minimum absolute atomic E-state index is 0.0762. The van der Waals surface area contributed by atoms with Gasteiger partial charge in [-0.05, 0) is 48.5 Å². The summed E-state index contributed by atoms with van der Waals surface area (Å²) in [5.41, 5.74) is 3.56. The molecule has 8 heteroatoms. The fourth-order valence-corrected chi connectivity index (χ4v) is 4.61. The lowest BCUT2D eigenvalue weighted by Crippen LogP contribution is -2.36. The molecule has 0 spiro atoms. The van der Waals surface area contributed by atoms with E-state index in [0.717, 1.165) is 53.3 Å². The zero-order valence-corrected chi connectivity index (χ0v) is 17.3. The van der Waals surface area contributed by atoms with E-state index >= 15 is 0 Å². The number of hydrogen-bond acceptors (Lipinski definition) is 6. The molecule has 1 aliphatic rings. The topological polar surface area (TPSA) is 54.5 Å². The maximum Gasteiger partial charge on any atom is 0.234 e. The molecular formula is C21H20FN3O2S2. The number of aromatic nitrogens is 1. The maximum atomic E-state index is 13.0. The van der Waals surface area contributed by atoms with Gasteiger partial charge < -0.3 is 15.0 Å². The number of hydrogen-bond donors (Lipinski definition) is 1. The second-order valence-electron chi connectivity index (χ2n) is 6.49. The van der Waals surface area contributed by atoms with Crippen molar-refractivity contribution in [2.75, 3.05) is 42.3 Å². The fourth-order valence-electron chi connectivity index (χ4n) is 2.98. The summed E-state index contributed by atoms with van der Waals surface area (Å²) < 4.78 is 19.2. The first-order valence-corrected chi connectivity index (χ1v) is 11.1. The standard InChI is InChI=1S/C21H20FN3O2S2/c22-16-3-1-15(2-4-16)19-13-28-21(24-19)29-14-20(26)23-17-5-7-18(8-6-17)25-9-11-27-12-10-25/h1-8,13H,9-12,14H2,(H,23,26). The van der Waals surface area contributed by atoms with Crippen molar-refractivity contribution >= 4 is 40.4 Å². The van der Waals surface area contributed by atoms with Gasteiger partial charge in [0.25, 0.3) is 0 Å². The smallest absolute Gasteiger partial charge is 0.234 e. The molecule has 0 radical (unpaired) electrons. The summed E-state index contributed by atoms with van der Waals surface area (Å²) in [5.74, 6) is -0.0671. The summed E-state index contributed by atoms with van der Waals surface area (Å²) in [6.07, 6.45) is 0. The fraction of sp³-hybridized carbons (Fsp3) is 0.238. The van der Waals surface area contributed by atoms with Crippen molar-refractivity contribution in [3.63, 3.8) is 0 Å². The number of thiazole rings is 1. The Morgan fingerprint density at radius 1 is 1.14 bits per heavy atom.